The number of nitrogens with zero attached hydrogens (tertiary/aromatic N) is 1. The summed E-state index contributed by atoms with van der Waals surface area (Å²) < 4.78 is 32.1. The van der Waals surface area contributed by atoms with Crippen molar-refractivity contribution in [2.45, 2.75) is 24.8 Å². The van der Waals surface area contributed by atoms with E-state index in [1.807, 2.05) is 30.3 Å². The number of furan rings is 1. The van der Waals surface area contributed by atoms with Crippen molar-refractivity contribution in [1.82, 2.24) is 9.62 Å². The molecule has 0 saturated heterocycles. The largest absolute Gasteiger partial charge is 0.459 e. The quantitative estimate of drug-likeness (QED) is 0.600. The number of likely N-dealkylation sites (N-methyl/N-ethyl adjacent to an activating group) is 1. The van der Waals surface area contributed by atoms with Gasteiger partial charge in [0.25, 0.3) is 0 Å². The summed E-state index contributed by atoms with van der Waals surface area (Å²) in [6.45, 7) is 2.79. The molecule has 8 nitrogen and oxygen atoms in total. The molecule has 2 aromatic carbocycles. The van der Waals surface area contributed by atoms with Crippen LogP contribution in [0.4, 0.5) is 5.69 Å². The predicted octanol–water partition coefficient (Wildman–Crippen LogP) is 2.89. The van der Waals surface area contributed by atoms with E-state index in [1.54, 1.807) is 6.92 Å². The van der Waals surface area contributed by atoms with Gasteiger partial charge in [0.1, 0.15) is 11.3 Å². The monoisotopic (exact) mass is 429 g/mol. The number of nitrogens with one attached hydrogen (secondary N) is 2. The van der Waals surface area contributed by atoms with Gasteiger partial charge < -0.3 is 15.1 Å². The third-order valence-corrected chi connectivity index (χ3v) is 6.32. The van der Waals surface area contributed by atoms with Gasteiger partial charge in [0, 0.05) is 25.0 Å². The topological polar surface area (TPSA) is 109 Å². The minimum absolute atomic E-state index is 0.0252. The molecule has 3 rings (SSSR count). The van der Waals surface area contributed by atoms with Crippen LogP contribution in [0.3, 0.4) is 0 Å². The van der Waals surface area contributed by atoms with Gasteiger partial charge in [-0.05, 0) is 43.3 Å². The average Bonchev–Trinajstić information content (AvgIpc) is 3.12. The van der Waals surface area contributed by atoms with Crippen LogP contribution in [0.2, 0.25) is 0 Å². The fourth-order valence-corrected chi connectivity index (χ4v) is 4.08. The molecule has 0 radical (unpaired) electrons. The number of hydrogen-bond donors (Lipinski definition) is 2. The Morgan fingerprint density at radius 1 is 1.10 bits per heavy atom. The number of anilines is 1. The van der Waals surface area contributed by atoms with Crippen molar-refractivity contribution in [3.8, 4) is 0 Å². The first-order chi connectivity index (χ1) is 14.2. The van der Waals surface area contributed by atoms with Crippen LogP contribution in [-0.4, -0.2) is 38.1 Å². The lowest BCUT2D eigenvalue weighted by molar-refractivity contribution is -0.122. The van der Waals surface area contributed by atoms with Crippen molar-refractivity contribution in [1.29, 1.82) is 0 Å². The Morgan fingerprint density at radius 2 is 1.77 bits per heavy atom. The molecule has 1 heterocycles. The van der Waals surface area contributed by atoms with Gasteiger partial charge in [-0.3, -0.25) is 9.59 Å². The second kappa shape index (κ2) is 8.68. The van der Waals surface area contributed by atoms with Gasteiger partial charge in [-0.25, -0.2) is 8.42 Å². The molecule has 0 spiro atoms. The Hall–Kier alpha value is -3.17. The number of amides is 2. The van der Waals surface area contributed by atoms with Gasteiger partial charge in [0.2, 0.25) is 21.8 Å². The number of carbonyl (C=O) groups excluding carboxylic acids is 2. The highest BCUT2D eigenvalue weighted by atomic mass is 32.2. The zero-order valence-electron chi connectivity index (χ0n) is 16.9. The molecule has 30 heavy (non-hydrogen) atoms. The highest BCUT2D eigenvalue weighted by Crippen LogP contribution is 2.23. The fourth-order valence-electron chi connectivity index (χ4n) is 2.95. The average molecular weight is 429 g/mol. The number of sulfonamides is 1. The van der Waals surface area contributed by atoms with E-state index in [2.05, 4.69) is 10.6 Å². The number of benzene rings is 2. The molecule has 2 amide bonds. The number of carbonyl (C=O) groups is 2. The molecule has 0 bridgehead atoms. The standard InChI is InChI=1S/C21H23N3O5S/c1-14(20-12-16-6-4-5-7-19(16)29-20)22-21(26)13-24(3)30(27,28)18-10-8-17(9-11-18)23-15(2)25/h4-12,14H,13H2,1-3H3,(H,22,26)(H,23,25). The molecule has 0 aliphatic heterocycles. The first kappa shape index (κ1) is 21.5. The SMILES string of the molecule is CC(=O)Nc1ccc(S(=O)(=O)N(C)CC(=O)NC(C)c2cc3ccccc3o2)cc1. The third-order valence-electron chi connectivity index (χ3n) is 4.50. The third kappa shape index (κ3) is 4.87. The van der Waals surface area contributed by atoms with Crippen LogP contribution in [-0.2, 0) is 19.6 Å². The highest BCUT2D eigenvalue weighted by Gasteiger charge is 2.24. The summed E-state index contributed by atoms with van der Waals surface area (Å²) in [5.74, 6) is -0.120. The Kier molecular flexibility index (Phi) is 6.23. The van der Waals surface area contributed by atoms with Gasteiger partial charge in [-0.1, -0.05) is 18.2 Å². The minimum atomic E-state index is -3.86. The molecule has 158 valence electrons. The number of fused-ring (bicyclic) bond motifs is 1. The summed E-state index contributed by atoms with van der Waals surface area (Å²) in [5, 5.41) is 6.25. The zero-order chi connectivity index (χ0) is 21.9. The van der Waals surface area contributed by atoms with Crippen molar-refractivity contribution in [2.24, 2.45) is 0 Å². The van der Waals surface area contributed by atoms with Crippen molar-refractivity contribution >= 4 is 38.5 Å². The molecule has 1 atom stereocenters. The first-order valence-electron chi connectivity index (χ1n) is 9.28. The van der Waals surface area contributed by atoms with Crippen LogP contribution < -0.4 is 10.6 Å². The molecular weight excluding hydrogens is 406 g/mol. The van der Waals surface area contributed by atoms with E-state index in [0.717, 1.165) is 15.3 Å². The number of rotatable bonds is 7. The van der Waals surface area contributed by atoms with E-state index in [4.69, 9.17) is 4.42 Å². The molecule has 1 unspecified atom stereocenters. The fraction of sp³-hybridized carbons (Fsp3) is 0.238. The Labute approximate surface area is 174 Å². The minimum Gasteiger partial charge on any atom is -0.459 e. The molecule has 1 aromatic heterocycles. The van der Waals surface area contributed by atoms with Crippen LogP contribution in [0.15, 0.2) is 63.9 Å². The Balaban J connectivity index is 1.64. The maximum absolute atomic E-state index is 12.7. The maximum atomic E-state index is 12.7. The molecule has 0 aliphatic rings. The number of hydrogen-bond acceptors (Lipinski definition) is 5. The van der Waals surface area contributed by atoms with Crippen LogP contribution in [0.5, 0.6) is 0 Å². The summed E-state index contributed by atoms with van der Waals surface area (Å²) in [6.07, 6.45) is 0. The Bertz CT molecular complexity index is 1140. The van der Waals surface area contributed by atoms with Gasteiger partial charge >= 0.3 is 0 Å². The molecule has 2 N–H and O–H groups in total. The summed E-state index contributed by atoms with van der Waals surface area (Å²) in [6, 6.07) is 14.7. The van der Waals surface area contributed by atoms with E-state index >= 15 is 0 Å². The normalized spacial score (nSPS) is 12.7. The van der Waals surface area contributed by atoms with E-state index < -0.39 is 22.0 Å². The van der Waals surface area contributed by atoms with E-state index in [1.165, 1.54) is 38.2 Å². The van der Waals surface area contributed by atoms with Crippen LogP contribution >= 0.6 is 0 Å². The van der Waals surface area contributed by atoms with E-state index in [-0.39, 0.29) is 17.3 Å². The van der Waals surface area contributed by atoms with Crippen molar-refractivity contribution < 1.29 is 22.4 Å². The lowest BCUT2D eigenvalue weighted by atomic mass is 10.2. The lowest BCUT2D eigenvalue weighted by Gasteiger charge is -2.18. The van der Waals surface area contributed by atoms with Crippen molar-refractivity contribution in [2.75, 3.05) is 18.9 Å². The summed E-state index contributed by atoms with van der Waals surface area (Å²) in [5.41, 5.74) is 1.21. The second-order valence-electron chi connectivity index (χ2n) is 6.94. The van der Waals surface area contributed by atoms with Gasteiger partial charge in [-0.15, -0.1) is 0 Å². The molecule has 0 fully saturated rings. The van der Waals surface area contributed by atoms with E-state index in [9.17, 15) is 18.0 Å². The first-order valence-corrected chi connectivity index (χ1v) is 10.7. The lowest BCUT2D eigenvalue weighted by Crippen LogP contribution is -2.39. The van der Waals surface area contributed by atoms with Crippen LogP contribution in [0, 0.1) is 0 Å². The highest BCUT2D eigenvalue weighted by molar-refractivity contribution is 7.89. The van der Waals surface area contributed by atoms with E-state index in [0.29, 0.717) is 11.4 Å². The Morgan fingerprint density at radius 3 is 2.40 bits per heavy atom. The van der Waals surface area contributed by atoms with Crippen LogP contribution in [0.1, 0.15) is 25.6 Å². The summed E-state index contributed by atoms with van der Waals surface area (Å²) >= 11 is 0. The molecule has 0 aliphatic carbocycles. The molecule has 0 saturated carbocycles. The van der Waals surface area contributed by atoms with Gasteiger partial charge in [-0.2, -0.15) is 4.31 Å². The smallest absolute Gasteiger partial charge is 0.243 e. The van der Waals surface area contributed by atoms with Gasteiger partial charge in [0.05, 0.1) is 17.5 Å². The van der Waals surface area contributed by atoms with Crippen LogP contribution in [0.25, 0.3) is 11.0 Å². The zero-order valence-corrected chi connectivity index (χ0v) is 17.7. The number of para-hydroxylation sites is 1. The predicted molar refractivity (Wildman–Crippen MR) is 113 cm³/mol. The molecule has 3 aromatic rings. The van der Waals surface area contributed by atoms with Gasteiger partial charge in [0.15, 0.2) is 0 Å². The van der Waals surface area contributed by atoms with Crippen molar-refractivity contribution in [3.05, 3.63) is 60.4 Å². The summed E-state index contributed by atoms with van der Waals surface area (Å²) in [4.78, 5) is 23.5. The summed E-state index contributed by atoms with van der Waals surface area (Å²) in [7, 11) is -2.53. The molecule has 9 heteroatoms. The second-order valence-corrected chi connectivity index (χ2v) is 8.99. The van der Waals surface area contributed by atoms with Crippen molar-refractivity contribution in [3.63, 3.8) is 0 Å². The molecular formula is C21H23N3O5S. The maximum Gasteiger partial charge on any atom is 0.243 e.